The van der Waals surface area contributed by atoms with Gasteiger partial charge in [-0.15, -0.1) is 0 Å². The maximum absolute atomic E-state index is 13.7. The maximum atomic E-state index is 13.7. The number of benzene rings is 1. The van der Waals surface area contributed by atoms with E-state index in [1.54, 1.807) is 18.7 Å². The molecule has 2 rings (SSSR count). The third-order valence-electron chi connectivity index (χ3n) is 2.80. The van der Waals surface area contributed by atoms with E-state index >= 15 is 0 Å². The van der Waals surface area contributed by atoms with E-state index < -0.39 is 11.6 Å². The Labute approximate surface area is 97.9 Å². The number of hydrogen-bond acceptors (Lipinski definition) is 2. The maximum Gasteiger partial charge on any atom is 0.131 e. The number of nitrogens with two attached hydrogens (primary N) is 1. The topological polar surface area (TPSA) is 43.8 Å². The summed E-state index contributed by atoms with van der Waals surface area (Å²) in [6, 6.07) is 3.36. The van der Waals surface area contributed by atoms with Crippen molar-refractivity contribution in [2.24, 2.45) is 12.8 Å². The van der Waals surface area contributed by atoms with Gasteiger partial charge in [0, 0.05) is 30.4 Å². The van der Waals surface area contributed by atoms with E-state index in [0.29, 0.717) is 11.3 Å². The highest BCUT2D eigenvalue weighted by atomic mass is 19.1. The molecule has 0 amide bonds. The molecule has 0 aliphatic heterocycles. The summed E-state index contributed by atoms with van der Waals surface area (Å²) in [5, 5.41) is 4.18. The van der Waals surface area contributed by atoms with Gasteiger partial charge in [-0.1, -0.05) is 0 Å². The van der Waals surface area contributed by atoms with E-state index in [1.165, 1.54) is 6.07 Å². The Morgan fingerprint density at radius 3 is 2.71 bits per heavy atom. The molecule has 1 heterocycles. The molecule has 2 aromatic rings. The summed E-state index contributed by atoms with van der Waals surface area (Å²) >= 11 is 0. The second-order valence-electron chi connectivity index (χ2n) is 3.86. The van der Waals surface area contributed by atoms with Gasteiger partial charge in [-0.05, 0) is 25.1 Å². The highest BCUT2D eigenvalue weighted by Gasteiger charge is 2.17. The molecule has 0 bridgehead atoms. The quantitative estimate of drug-likeness (QED) is 0.869. The van der Waals surface area contributed by atoms with Crippen molar-refractivity contribution in [1.82, 2.24) is 9.78 Å². The minimum Gasteiger partial charge on any atom is -0.325 e. The number of nitrogens with zero attached hydrogens (tertiary/aromatic N) is 2. The molecule has 0 fully saturated rings. The Bertz CT molecular complexity index is 561. The summed E-state index contributed by atoms with van der Waals surface area (Å²) in [5.41, 5.74) is 7.67. The number of rotatable bonds is 2. The average molecular weight is 237 g/mol. The van der Waals surface area contributed by atoms with Crippen LogP contribution >= 0.6 is 0 Å². The van der Waals surface area contributed by atoms with Crippen molar-refractivity contribution in [3.05, 3.63) is 41.2 Å². The first-order valence-electron chi connectivity index (χ1n) is 5.22. The highest BCUT2D eigenvalue weighted by molar-refractivity contribution is 5.69. The van der Waals surface area contributed by atoms with E-state index in [4.69, 9.17) is 5.73 Å². The molecule has 0 atom stereocenters. The van der Waals surface area contributed by atoms with E-state index in [9.17, 15) is 8.78 Å². The molecular formula is C12H13F2N3. The minimum atomic E-state index is -0.479. The monoisotopic (exact) mass is 237 g/mol. The molecule has 0 aliphatic carbocycles. The van der Waals surface area contributed by atoms with Crippen molar-refractivity contribution in [3.8, 4) is 11.1 Å². The zero-order valence-corrected chi connectivity index (χ0v) is 9.67. The van der Waals surface area contributed by atoms with Crippen molar-refractivity contribution < 1.29 is 8.78 Å². The molecule has 0 spiro atoms. The number of hydrogen-bond donors (Lipinski definition) is 1. The van der Waals surface area contributed by atoms with Gasteiger partial charge in [-0.2, -0.15) is 5.10 Å². The predicted molar refractivity (Wildman–Crippen MR) is 61.2 cm³/mol. The van der Waals surface area contributed by atoms with Crippen molar-refractivity contribution >= 4 is 0 Å². The average Bonchev–Trinajstić information content (AvgIpc) is 2.59. The van der Waals surface area contributed by atoms with Crippen LogP contribution in [-0.2, 0) is 13.6 Å². The van der Waals surface area contributed by atoms with Gasteiger partial charge in [0.1, 0.15) is 11.6 Å². The first-order chi connectivity index (χ1) is 8.04. The lowest BCUT2D eigenvalue weighted by Crippen LogP contribution is -2.00. The lowest BCUT2D eigenvalue weighted by molar-refractivity contribution is 0.603. The second kappa shape index (κ2) is 4.25. The molecule has 0 saturated carbocycles. The first-order valence-corrected chi connectivity index (χ1v) is 5.22. The summed E-state index contributed by atoms with van der Waals surface area (Å²) in [5.74, 6) is -0.954. The van der Waals surface area contributed by atoms with E-state index in [-0.39, 0.29) is 12.1 Å². The van der Waals surface area contributed by atoms with Crippen LogP contribution < -0.4 is 5.73 Å². The van der Waals surface area contributed by atoms with Crippen molar-refractivity contribution in [2.45, 2.75) is 13.5 Å². The van der Waals surface area contributed by atoms with Crippen LogP contribution in [0.2, 0.25) is 0 Å². The molecule has 1 aromatic heterocycles. The zero-order chi connectivity index (χ0) is 12.6. The van der Waals surface area contributed by atoms with Crippen molar-refractivity contribution in [2.75, 3.05) is 0 Å². The molecule has 0 unspecified atom stereocenters. The van der Waals surface area contributed by atoms with Crippen LogP contribution in [0.5, 0.6) is 0 Å². The van der Waals surface area contributed by atoms with Crippen LogP contribution in [0.15, 0.2) is 18.2 Å². The van der Waals surface area contributed by atoms with Crippen LogP contribution in [0.1, 0.15) is 11.4 Å². The number of aryl methyl sites for hydroxylation is 1. The van der Waals surface area contributed by atoms with Crippen LogP contribution in [0.3, 0.4) is 0 Å². The highest BCUT2D eigenvalue weighted by Crippen LogP contribution is 2.29. The zero-order valence-electron chi connectivity index (χ0n) is 9.67. The van der Waals surface area contributed by atoms with Gasteiger partial charge < -0.3 is 5.73 Å². The third-order valence-corrected chi connectivity index (χ3v) is 2.80. The minimum absolute atomic E-state index is 0.187. The normalized spacial score (nSPS) is 10.9. The molecule has 0 radical (unpaired) electrons. The van der Waals surface area contributed by atoms with Gasteiger partial charge in [0.15, 0.2) is 0 Å². The first kappa shape index (κ1) is 11.7. The van der Waals surface area contributed by atoms with Crippen molar-refractivity contribution in [1.29, 1.82) is 0 Å². The molecule has 1 aromatic carbocycles. The molecule has 5 heteroatoms. The van der Waals surface area contributed by atoms with Crippen LogP contribution in [0.25, 0.3) is 11.1 Å². The molecule has 0 aliphatic rings. The van der Waals surface area contributed by atoms with Gasteiger partial charge >= 0.3 is 0 Å². The van der Waals surface area contributed by atoms with E-state index in [1.807, 2.05) is 0 Å². The lowest BCUT2D eigenvalue weighted by atomic mass is 10.0. The van der Waals surface area contributed by atoms with Gasteiger partial charge in [-0.3, -0.25) is 4.68 Å². The molecule has 2 N–H and O–H groups in total. The number of aromatic nitrogens is 2. The second-order valence-corrected chi connectivity index (χ2v) is 3.86. The van der Waals surface area contributed by atoms with Crippen LogP contribution in [-0.4, -0.2) is 9.78 Å². The third kappa shape index (κ3) is 1.93. The Balaban J connectivity index is 2.71. The Kier molecular flexibility index (Phi) is 2.93. The largest absolute Gasteiger partial charge is 0.325 e. The smallest absolute Gasteiger partial charge is 0.131 e. The van der Waals surface area contributed by atoms with Gasteiger partial charge in [-0.25, -0.2) is 8.78 Å². The fourth-order valence-electron chi connectivity index (χ4n) is 1.86. The fourth-order valence-corrected chi connectivity index (χ4v) is 1.86. The Morgan fingerprint density at radius 2 is 2.06 bits per heavy atom. The summed E-state index contributed by atoms with van der Waals surface area (Å²) in [4.78, 5) is 0. The summed E-state index contributed by atoms with van der Waals surface area (Å²) in [6.45, 7) is 1.98. The summed E-state index contributed by atoms with van der Waals surface area (Å²) in [6.07, 6.45) is 0. The Hall–Kier alpha value is -1.75. The summed E-state index contributed by atoms with van der Waals surface area (Å²) < 4.78 is 28.5. The molecule has 3 nitrogen and oxygen atoms in total. The lowest BCUT2D eigenvalue weighted by Gasteiger charge is -2.05. The van der Waals surface area contributed by atoms with E-state index in [2.05, 4.69) is 5.10 Å². The molecular weight excluding hydrogens is 224 g/mol. The van der Waals surface area contributed by atoms with Gasteiger partial charge in [0.25, 0.3) is 0 Å². The van der Waals surface area contributed by atoms with Crippen LogP contribution in [0.4, 0.5) is 8.78 Å². The summed E-state index contributed by atoms with van der Waals surface area (Å²) in [7, 11) is 1.75. The van der Waals surface area contributed by atoms with Crippen molar-refractivity contribution in [3.63, 3.8) is 0 Å². The fraction of sp³-hybridized carbons (Fsp3) is 0.250. The molecule has 0 saturated heterocycles. The van der Waals surface area contributed by atoms with Gasteiger partial charge in [0.05, 0.1) is 5.69 Å². The number of halogens is 2. The molecule has 90 valence electrons. The van der Waals surface area contributed by atoms with Crippen LogP contribution in [0, 0.1) is 18.6 Å². The SMILES string of the molecule is Cc1c(-c2cc(F)ccc2F)c(CN)nn1C. The Morgan fingerprint density at radius 1 is 1.35 bits per heavy atom. The molecule has 17 heavy (non-hydrogen) atoms. The van der Waals surface area contributed by atoms with Gasteiger partial charge in [0.2, 0.25) is 0 Å². The van der Waals surface area contributed by atoms with E-state index in [0.717, 1.165) is 17.8 Å². The standard InChI is InChI=1S/C12H13F2N3/c1-7-12(11(6-15)16-17(7)2)9-5-8(13)3-4-10(9)14/h3-5H,6,15H2,1-2H3. The predicted octanol–water partition coefficient (Wildman–Crippen LogP) is 2.13.